The molecule has 0 aliphatic rings. The Morgan fingerprint density at radius 3 is 0.883 bits per heavy atom. The van der Waals surface area contributed by atoms with Gasteiger partial charge in [0.2, 0.25) is 0 Å². The zero-order chi connectivity index (χ0) is 42.1. The smallest absolute Gasteiger partial charge is 0.416 e. The molecule has 6 nitrogen and oxygen atoms in total. The summed E-state index contributed by atoms with van der Waals surface area (Å²) < 4.78 is 112. The van der Waals surface area contributed by atoms with Crippen molar-refractivity contribution in [2.24, 2.45) is 0 Å². The van der Waals surface area contributed by atoms with E-state index < -0.39 is 23.5 Å². The van der Waals surface area contributed by atoms with Gasteiger partial charge in [-0.25, -0.2) is 0 Å². The van der Waals surface area contributed by atoms with Gasteiger partial charge in [0.1, 0.15) is 23.0 Å². The fraction of sp³-hybridized carbons (Fsp3) is 0.125. The van der Waals surface area contributed by atoms with Crippen molar-refractivity contribution in [3.05, 3.63) is 145 Å². The van der Waals surface area contributed by atoms with E-state index in [1.807, 2.05) is 57.7 Å². The minimum atomic E-state index is -4.65. The summed E-state index contributed by atoms with van der Waals surface area (Å²) in [5.74, 6) is 2.40. The summed E-state index contributed by atoms with van der Waals surface area (Å²) in [5, 5.41) is 3.18. The van der Waals surface area contributed by atoms with Crippen LogP contribution in [-0.4, -0.2) is 37.6 Å². The van der Waals surface area contributed by atoms with Gasteiger partial charge in [0, 0.05) is 32.7 Å². The first kappa shape index (κ1) is 38.4. The Morgan fingerprint density at radius 1 is 0.350 bits per heavy atom. The number of fused-ring (bicyclic) bond motifs is 6. The van der Waals surface area contributed by atoms with Crippen molar-refractivity contribution in [2.45, 2.75) is 12.4 Å². The van der Waals surface area contributed by atoms with Crippen molar-refractivity contribution in [3.8, 4) is 56.6 Å². The molecule has 0 unspecified atom stereocenters. The quantitative estimate of drug-likeness (QED) is 0.143. The van der Waals surface area contributed by atoms with Crippen LogP contribution in [0.25, 0.3) is 77.2 Å². The Kier molecular flexibility index (Phi) is 9.18. The fourth-order valence-electron chi connectivity index (χ4n) is 8.10. The summed E-state index contributed by atoms with van der Waals surface area (Å²) in [6.07, 6.45) is -9.31. The lowest BCUT2D eigenvalue weighted by Gasteiger charge is -2.19. The molecule has 60 heavy (non-hydrogen) atoms. The number of rotatable bonds is 8. The standard InChI is InChI=1S/C48H34F6N2O4/c1-57-31-11-17-43-37(23-31)38-24-32(58-2)12-18-44(38)55(43)41-15-9-29(47(49,50)51)21-35(41)27-5-7-28(8-6-27)36-22-30(48(52,53)54)10-16-42(36)56-45-19-13-33(59-3)25-39(45)40-26-34(60-4)14-20-46(40)56/h5-26H,1-4H3. The third-order valence-corrected chi connectivity index (χ3v) is 11.0. The van der Waals surface area contributed by atoms with Gasteiger partial charge in [-0.05, 0) is 120 Å². The van der Waals surface area contributed by atoms with E-state index in [4.69, 9.17) is 18.9 Å². The SMILES string of the molecule is COc1ccc2c(c1)c1cc(OC)ccc1n2-c1ccc(C(F)(F)F)cc1-c1ccc(-c2cc(C(F)(F)F)ccc2-n2c3ccc(OC)cc3c3cc(OC)ccc32)cc1. The highest BCUT2D eigenvalue weighted by molar-refractivity contribution is 6.12. The molecule has 0 amide bonds. The summed E-state index contributed by atoms with van der Waals surface area (Å²) >= 11 is 0. The van der Waals surface area contributed by atoms with Crippen LogP contribution in [0.15, 0.2) is 133 Å². The lowest BCUT2D eigenvalue weighted by molar-refractivity contribution is -0.138. The van der Waals surface area contributed by atoms with Crippen molar-refractivity contribution < 1.29 is 45.3 Å². The number of ether oxygens (including phenoxy) is 4. The maximum Gasteiger partial charge on any atom is 0.416 e. The van der Waals surface area contributed by atoms with E-state index in [2.05, 4.69) is 0 Å². The van der Waals surface area contributed by atoms with E-state index >= 15 is 0 Å². The van der Waals surface area contributed by atoms with Gasteiger partial charge >= 0.3 is 12.4 Å². The molecule has 7 aromatic carbocycles. The molecule has 0 aliphatic heterocycles. The topological polar surface area (TPSA) is 46.8 Å². The predicted molar refractivity (Wildman–Crippen MR) is 222 cm³/mol. The van der Waals surface area contributed by atoms with Gasteiger partial charge in [0.25, 0.3) is 0 Å². The second-order valence-electron chi connectivity index (χ2n) is 14.2. The third-order valence-electron chi connectivity index (χ3n) is 11.0. The van der Waals surface area contributed by atoms with E-state index in [0.29, 0.717) is 67.6 Å². The minimum Gasteiger partial charge on any atom is -0.497 e. The van der Waals surface area contributed by atoms with E-state index in [-0.39, 0.29) is 11.1 Å². The Morgan fingerprint density at radius 2 is 0.633 bits per heavy atom. The van der Waals surface area contributed by atoms with Crippen LogP contribution in [0.4, 0.5) is 26.3 Å². The average Bonchev–Trinajstić information content (AvgIpc) is 3.76. The first-order valence-corrected chi connectivity index (χ1v) is 18.7. The first-order valence-electron chi connectivity index (χ1n) is 18.7. The summed E-state index contributed by atoms with van der Waals surface area (Å²) in [7, 11) is 6.22. The number of aromatic nitrogens is 2. The Balaban J connectivity index is 1.26. The second-order valence-corrected chi connectivity index (χ2v) is 14.2. The minimum absolute atomic E-state index is 0.261. The first-order chi connectivity index (χ1) is 28.8. The summed E-state index contributed by atoms with van der Waals surface area (Å²) in [6.45, 7) is 0. The van der Waals surface area contributed by atoms with E-state index in [9.17, 15) is 26.3 Å². The van der Waals surface area contributed by atoms with Crippen LogP contribution in [-0.2, 0) is 12.4 Å². The molecule has 9 aromatic rings. The predicted octanol–water partition coefficient (Wildman–Crippen LogP) is 13.3. The Bertz CT molecular complexity index is 2790. The summed E-state index contributed by atoms with van der Waals surface area (Å²) in [6, 6.07) is 35.7. The van der Waals surface area contributed by atoms with Gasteiger partial charge in [-0.15, -0.1) is 0 Å². The van der Waals surface area contributed by atoms with Crippen LogP contribution in [0.5, 0.6) is 23.0 Å². The molecular weight excluding hydrogens is 783 g/mol. The molecule has 9 rings (SSSR count). The average molecular weight is 817 g/mol. The number of nitrogens with zero attached hydrogens (tertiary/aromatic N) is 2. The summed E-state index contributed by atoms with van der Waals surface area (Å²) in [5.41, 5.74) is 3.43. The summed E-state index contributed by atoms with van der Waals surface area (Å²) in [4.78, 5) is 0. The molecule has 0 spiro atoms. The molecule has 0 bridgehead atoms. The van der Waals surface area contributed by atoms with Crippen LogP contribution < -0.4 is 18.9 Å². The van der Waals surface area contributed by atoms with E-state index in [1.54, 1.807) is 77.0 Å². The molecule has 0 fully saturated rings. The lowest BCUT2D eigenvalue weighted by atomic mass is 9.95. The van der Waals surface area contributed by atoms with Gasteiger partial charge in [-0.3, -0.25) is 0 Å². The number of halogens is 6. The molecule has 2 heterocycles. The van der Waals surface area contributed by atoms with Crippen LogP contribution >= 0.6 is 0 Å². The number of methoxy groups -OCH3 is 4. The third kappa shape index (κ3) is 6.39. The maximum absolute atomic E-state index is 14.4. The van der Waals surface area contributed by atoms with Crippen molar-refractivity contribution in [1.82, 2.24) is 9.13 Å². The van der Waals surface area contributed by atoms with Crippen LogP contribution in [0, 0.1) is 0 Å². The number of hydrogen-bond acceptors (Lipinski definition) is 4. The highest BCUT2D eigenvalue weighted by Gasteiger charge is 2.33. The normalized spacial score (nSPS) is 12.2. The number of hydrogen-bond donors (Lipinski definition) is 0. The van der Waals surface area contributed by atoms with Gasteiger partial charge in [-0.2, -0.15) is 26.3 Å². The molecule has 0 atom stereocenters. The highest BCUT2D eigenvalue weighted by atomic mass is 19.4. The van der Waals surface area contributed by atoms with Crippen molar-refractivity contribution >= 4 is 43.6 Å². The molecule has 0 saturated heterocycles. The number of benzene rings is 7. The van der Waals surface area contributed by atoms with Crippen LogP contribution in [0.3, 0.4) is 0 Å². The van der Waals surface area contributed by atoms with Gasteiger partial charge in [0.05, 0.1) is 73.0 Å². The molecule has 0 radical (unpaired) electrons. The van der Waals surface area contributed by atoms with E-state index in [0.717, 1.165) is 45.8 Å². The zero-order valence-electron chi connectivity index (χ0n) is 32.5. The van der Waals surface area contributed by atoms with Crippen molar-refractivity contribution in [3.63, 3.8) is 0 Å². The molecule has 12 heteroatoms. The highest BCUT2D eigenvalue weighted by Crippen LogP contribution is 2.44. The van der Waals surface area contributed by atoms with Crippen molar-refractivity contribution in [2.75, 3.05) is 28.4 Å². The Labute approximate surface area is 339 Å². The lowest BCUT2D eigenvalue weighted by Crippen LogP contribution is -2.07. The fourth-order valence-corrected chi connectivity index (χ4v) is 8.10. The zero-order valence-corrected chi connectivity index (χ0v) is 32.5. The van der Waals surface area contributed by atoms with Crippen LogP contribution in [0.1, 0.15) is 11.1 Å². The second kappa shape index (κ2) is 14.3. The molecule has 2 aromatic heterocycles. The van der Waals surface area contributed by atoms with Gasteiger partial charge < -0.3 is 28.1 Å². The Hall–Kier alpha value is -7.08. The van der Waals surface area contributed by atoms with Crippen molar-refractivity contribution in [1.29, 1.82) is 0 Å². The maximum atomic E-state index is 14.4. The van der Waals surface area contributed by atoms with Crippen LogP contribution in [0.2, 0.25) is 0 Å². The molecule has 0 aliphatic carbocycles. The van der Waals surface area contributed by atoms with Gasteiger partial charge in [-0.1, -0.05) is 24.3 Å². The van der Waals surface area contributed by atoms with E-state index in [1.165, 1.54) is 12.1 Å². The monoisotopic (exact) mass is 816 g/mol. The largest absolute Gasteiger partial charge is 0.497 e. The molecule has 0 saturated carbocycles. The number of alkyl halides is 6. The molecule has 0 N–H and O–H groups in total. The molecule has 302 valence electrons. The van der Waals surface area contributed by atoms with Gasteiger partial charge in [0.15, 0.2) is 0 Å². The molecular formula is C48H34F6N2O4.